The van der Waals surface area contributed by atoms with Crippen LogP contribution in [0, 0.1) is 0 Å². The largest absolute Gasteiger partial charge is 0.390 e. The molecule has 1 aliphatic rings. The number of rotatable bonds is 11. The second kappa shape index (κ2) is 12.3. The minimum atomic E-state index is -0.621. The lowest BCUT2D eigenvalue weighted by Gasteiger charge is -2.27. The van der Waals surface area contributed by atoms with Gasteiger partial charge in [-0.25, -0.2) is 0 Å². The Balaban J connectivity index is 1.33. The highest BCUT2D eigenvalue weighted by molar-refractivity contribution is 6.42. The number of hydrogen-bond acceptors (Lipinski definition) is 5. The van der Waals surface area contributed by atoms with Gasteiger partial charge in [0.2, 0.25) is 0 Å². The van der Waals surface area contributed by atoms with Crippen molar-refractivity contribution in [2.45, 2.75) is 31.8 Å². The number of aliphatic hydroxyl groups excluding tert-OH is 1. The maximum atomic E-state index is 10.7. The number of oxime groups is 1. The Bertz CT molecular complexity index is 1080. The van der Waals surface area contributed by atoms with Crippen molar-refractivity contribution in [1.29, 1.82) is 0 Å². The summed E-state index contributed by atoms with van der Waals surface area (Å²) in [6.07, 6.45) is -0.0842. The lowest BCUT2D eigenvalue weighted by atomic mass is 10.0. The van der Waals surface area contributed by atoms with Crippen molar-refractivity contribution in [2.75, 3.05) is 19.7 Å². The third kappa shape index (κ3) is 7.29. The fraction of sp³-hybridized carbons (Fsp3) is 0.296. The van der Waals surface area contributed by atoms with E-state index in [2.05, 4.69) is 22.2 Å². The number of hydrogen-bond donors (Lipinski definition) is 1. The second-order valence-corrected chi connectivity index (χ2v) is 9.25. The molecule has 0 amide bonds. The van der Waals surface area contributed by atoms with Crippen molar-refractivity contribution < 1.29 is 14.7 Å². The number of halogens is 2. The third-order valence-corrected chi connectivity index (χ3v) is 6.33. The van der Waals surface area contributed by atoms with Crippen molar-refractivity contribution in [2.24, 2.45) is 5.16 Å². The molecule has 1 aliphatic heterocycles. The van der Waals surface area contributed by atoms with Crippen LogP contribution in [0.2, 0.25) is 10.0 Å². The molecule has 2 atom stereocenters. The van der Waals surface area contributed by atoms with E-state index in [0.29, 0.717) is 42.7 Å². The van der Waals surface area contributed by atoms with Crippen LogP contribution in [-0.4, -0.2) is 47.6 Å². The maximum Gasteiger partial charge on any atom is 0.145 e. The van der Waals surface area contributed by atoms with Crippen molar-refractivity contribution in [3.63, 3.8) is 0 Å². The summed E-state index contributed by atoms with van der Waals surface area (Å²) in [6.45, 7) is 2.52. The van der Waals surface area contributed by atoms with Gasteiger partial charge < -0.3 is 14.7 Å². The van der Waals surface area contributed by atoms with Gasteiger partial charge in [0.05, 0.1) is 35.1 Å². The van der Waals surface area contributed by atoms with E-state index < -0.39 is 6.10 Å². The smallest absolute Gasteiger partial charge is 0.145 e. The monoisotopic (exact) mass is 498 g/mol. The standard InChI is InChI=1S/C27H28Cl2N2O3/c28-25-12-11-22(13-26(25)29)27-14-24(34-30-27)17-31(15-20-7-3-1-4-8-20)16-23(32)19-33-18-21-9-5-2-6-10-21/h1-13,23-24,32H,14-19H2/t23-,24-/m1/s1. The Morgan fingerprint density at radius 3 is 2.38 bits per heavy atom. The van der Waals surface area contributed by atoms with Gasteiger partial charge in [0.1, 0.15) is 6.10 Å². The van der Waals surface area contributed by atoms with Crippen LogP contribution in [-0.2, 0) is 22.7 Å². The van der Waals surface area contributed by atoms with Crippen LogP contribution < -0.4 is 0 Å². The molecule has 1 heterocycles. The zero-order valence-electron chi connectivity index (χ0n) is 18.8. The first-order valence-corrected chi connectivity index (χ1v) is 12.1. The Labute approximate surface area is 210 Å². The summed E-state index contributed by atoms with van der Waals surface area (Å²) in [5.41, 5.74) is 4.00. The molecule has 0 aliphatic carbocycles. The van der Waals surface area contributed by atoms with Crippen molar-refractivity contribution in [3.8, 4) is 0 Å². The molecule has 0 spiro atoms. The van der Waals surface area contributed by atoms with Crippen LogP contribution in [0.4, 0.5) is 0 Å². The molecule has 5 nitrogen and oxygen atoms in total. The second-order valence-electron chi connectivity index (χ2n) is 8.43. The lowest BCUT2D eigenvalue weighted by Crippen LogP contribution is -2.39. The van der Waals surface area contributed by atoms with E-state index in [0.717, 1.165) is 16.8 Å². The van der Waals surface area contributed by atoms with Crippen LogP contribution >= 0.6 is 23.2 Å². The molecule has 1 N–H and O–H groups in total. The van der Waals surface area contributed by atoms with E-state index in [9.17, 15) is 5.11 Å². The molecule has 3 aromatic rings. The average molecular weight is 499 g/mol. The summed E-state index contributed by atoms with van der Waals surface area (Å²) in [4.78, 5) is 7.92. The quantitative estimate of drug-likeness (QED) is 0.375. The highest BCUT2D eigenvalue weighted by Crippen LogP contribution is 2.26. The highest BCUT2D eigenvalue weighted by atomic mass is 35.5. The Morgan fingerprint density at radius 2 is 1.68 bits per heavy atom. The molecular weight excluding hydrogens is 471 g/mol. The molecule has 0 aromatic heterocycles. The van der Waals surface area contributed by atoms with Crippen LogP contribution in [0.25, 0.3) is 0 Å². The first-order valence-electron chi connectivity index (χ1n) is 11.3. The van der Waals surface area contributed by atoms with Gasteiger partial charge in [-0.3, -0.25) is 4.90 Å². The van der Waals surface area contributed by atoms with Gasteiger partial charge in [-0.05, 0) is 23.3 Å². The van der Waals surface area contributed by atoms with Gasteiger partial charge in [-0.1, -0.05) is 95.1 Å². The molecule has 178 valence electrons. The number of benzene rings is 3. The van der Waals surface area contributed by atoms with Crippen LogP contribution in [0.1, 0.15) is 23.1 Å². The fourth-order valence-electron chi connectivity index (χ4n) is 3.94. The lowest BCUT2D eigenvalue weighted by molar-refractivity contribution is -0.00648. The summed E-state index contributed by atoms with van der Waals surface area (Å²) in [5, 5.41) is 16.0. The molecule has 34 heavy (non-hydrogen) atoms. The Hall–Kier alpha value is -2.41. The minimum absolute atomic E-state index is 0.120. The molecule has 0 saturated carbocycles. The molecule has 0 unspecified atom stereocenters. The fourth-order valence-corrected chi connectivity index (χ4v) is 4.24. The van der Waals surface area contributed by atoms with Gasteiger partial charge in [-0.15, -0.1) is 0 Å². The molecule has 0 fully saturated rings. The van der Waals surface area contributed by atoms with Crippen LogP contribution in [0.3, 0.4) is 0 Å². The number of ether oxygens (including phenoxy) is 1. The molecule has 4 rings (SSSR count). The van der Waals surface area contributed by atoms with Crippen molar-refractivity contribution in [3.05, 3.63) is 106 Å². The summed E-state index contributed by atoms with van der Waals surface area (Å²) in [7, 11) is 0. The number of aliphatic hydroxyl groups is 1. The molecule has 0 bridgehead atoms. The van der Waals surface area contributed by atoms with Gasteiger partial charge in [0.25, 0.3) is 0 Å². The van der Waals surface area contributed by atoms with Crippen LogP contribution in [0.15, 0.2) is 84.0 Å². The Morgan fingerprint density at radius 1 is 0.971 bits per heavy atom. The maximum absolute atomic E-state index is 10.7. The van der Waals surface area contributed by atoms with E-state index in [4.69, 9.17) is 32.8 Å². The molecular formula is C27H28Cl2N2O3. The summed E-state index contributed by atoms with van der Waals surface area (Å²) < 4.78 is 5.74. The molecule has 7 heteroatoms. The van der Waals surface area contributed by atoms with Crippen molar-refractivity contribution in [1.82, 2.24) is 4.90 Å². The van der Waals surface area contributed by atoms with Gasteiger partial charge >= 0.3 is 0 Å². The predicted octanol–water partition coefficient (Wildman–Crippen LogP) is 5.57. The zero-order chi connectivity index (χ0) is 23.8. The van der Waals surface area contributed by atoms with E-state index in [1.54, 1.807) is 6.07 Å². The predicted molar refractivity (Wildman–Crippen MR) is 136 cm³/mol. The number of nitrogens with zero attached hydrogens (tertiary/aromatic N) is 2. The normalized spacial score (nSPS) is 16.4. The average Bonchev–Trinajstić information content (AvgIpc) is 3.30. The van der Waals surface area contributed by atoms with Gasteiger partial charge in [0.15, 0.2) is 0 Å². The van der Waals surface area contributed by atoms with Gasteiger partial charge in [-0.2, -0.15) is 0 Å². The van der Waals surface area contributed by atoms with Gasteiger partial charge in [0, 0.05) is 31.6 Å². The highest BCUT2D eigenvalue weighted by Gasteiger charge is 2.26. The van der Waals surface area contributed by atoms with E-state index >= 15 is 0 Å². The Kier molecular flexibility index (Phi) is 8.97. The van der Waals surface area contributed by atoms with Crippen LogP contribution in [0.5, 0.6) is 0 Å². The zero-order valence-corrected chi connectivity index (χ0v) is 20.3. The minimum Gasteiger partial charge on any atom is -0.390 e. The summed E-state index contributed by atoms with van der Waals surface area (Å²) >= 11 is 12.2. The first-order chi connectivity index (χ1) is 16.6. The summed E-state index contributed by atoms with van der Waals surface area (Å²) in [5.74, 6) is 0. The molecule has 0 saturated heterocycles. The third-order valence-electron chi connectivity index (χ3n) is 5.59. The summed E-state index contributed by atoms with van der Waals surface area (Å²) in [6, 6.07) is 25.6. The molecule has 0 radical (unpaired) electrons. The van der Waals surface area contributed by atoms with E-state index in [-0.39, 0.29) is 12.7 Å². The molecule has 3 aromatic carbocycles. The van der Waals surface area contributed by atoms with E-state index in [1.807, 2.05) is 60.7 Å². The van der Waals surface area contributed by atoms with Crippen molar-refractivity contribution >= 4 is 28.9 Å². The topological polar surface area (TPSA) is 54.3 Å². The SMILES string of the molecule is O[C@@H](COCc1ccccc1)CN(Cc1ccccc1)C[C@H]1CC(c2ccc(Cl)c(Cl)c2)=NO1. The van der Waals surface area contributed by atoms with E-state index in [1.165, 1.54) is 5.56 Å². The first kappa shape index (κ1) is 24.7.